The molecule has 2 rings (SSSR count). The summed E-state index contributed by atoms with van der Waals surface area (Å²) in [5.74, 6) is 0. The lowest BCUT2D eigenvalue weighted by Gasteiger charge is -2.30. The number of benzene rings is 1. The van der Waals surface area contributed by atoms with Crippen LogP contribution in [0.2, 0.25) is 0 Å². The smallest absolute Gasteiger partial charge is 0.0322 e. The van der Waals surface area contributed by atoms with E-state index in [0.717, 1.165) is 6.42 Å². The van der Waals surface area contributed by atoms with Gasteiger partial charge in [-0.25, -0.2) is 0 Å². The van der Waals surface area contributed by atoms with E-state index in [9.17, 15) is 0 Å². The molecule has 80 valence electrons. The maximum absolute atomic E-state index is 3.81. The highest BCUT2D eigenvalue weighted by Crippen LogP contribution is 2.26. The van der Waals surface area contributed by atoms with Crippen LogP contribution in [-0.2, 0) is 0 Å². The fraction of sp³-hybridized carbons (Fsp3) is 0.429. The Balaban J connectivity index is 2.01. The van der Waals surface area contributed by atoms with Gasteiger partial charge in [0, 0.05) is 12.1 Å². The number of nitrogens with one attached hydrogen (secondary N) is 1. The second kappa shape index (κ2) is 5.13. The summed E-state index contributed by atoms with van der Waals surface area (Å²) in [6.45, 7) is 3.81. The maximum atomic E-state index is 3.81. The molecule has 1 aromatic rings. The lowest BCUT2D eigenvalue weighted by molar-refractivity contribution is 0.326. The van der Waals surface area contributed by atoms with Crippen LogP contribution >= 0.6 is 0 Å². The van der Waals surface area contributed by atoms with Crippen LogP contribution in [0.3, 0.4) is 0 Å². The van der Waals surface area contributed by atoms with Gasteiger partial charge < -0.3 is 5.32 Å². The highest BCUT2D eigenvalue weighted by Gasteiger charge is 2.20. The molecular weight excluding hydrogens is 182 g/mol. The number of piperidine rings is 1. The van der Waals surface area contributed by atoms with Crippen molar-refractivity contribution in [3.63, 3.8) is 0 Å². The Morgan fingerprint density at radius 3 is 2.80 bits per heavy atom. The maximum Gasteiger partial charge on any atom is 0.0322 e. The minimum Gasteiger partial charge on any atom is -0.307 e. The summed E-state index contributed by atoms with van der Waals surface area (Å²) < 4.78 is 0. The van der Waals surface area contributed by atoms with Gasteiger partial charge in [-0.05, 0) is 24.8 Å². The molecule has 1 aliphatic rings. The zero-order valence-corrected chi connectivity index (χ0v) is 9.15. The lowest BCUT2D eigenvalue weighted by atomic mass is 9.92. The van der Waals surface area contributed by atoms with Crippen LogP contribution in [-0.4, -0.2) is 6.04 Å². The van der Waals surface area contributed by atoms with Crippen molar-refractivity contribution in [2.75, 3.05) is 0 Å². The van der Waals surface area contributed by atoms with E-state index >= 15 is 0 Å². The number of hydrogen-bond acceptors (Lipinski definition) is 1. The Labute approximate surface area is 92.2 Å². The van der Waals surface area contributed by atoms with Crippen LogP contribution in [0.15, 0.2) is 43.0 Å². The molecule has 1 aromatic carbocycles. The highest BCUT2D eigenvalue weighted by molar-refractivity contribution is 5.19. The molecule has 0 saturated carbocycles. The van der Waals surface area contributed by atoms with E-state index in [1.807, 2.05) is 6.08 Å². The molecule has 1 heterocycles. The third-order valence-electron chi connectivity index (χ3n) is 3.14. The van der Waals surface area contributed by atoms with E-state index in [4.69, 9.17) is 0 Å². The van der Waals surface area contributed by atoms with Crippen LogP contribution in [0, 0.1) is 0 Å². The molecule has 0 bridgehead atoms. The molecule has 2 atom stereocenters. The molecule has 0 amide bonds. The van der Waals surface area contributed by atoms with E-state index in [1.54, 1.807) is 0 Å². The topological polar surface area (TPSA) is 12.0 Å². The summed E-state index contributed by atoms with van der Waals surface area (Å²) in [6.07, 6.45) is 6.98. The van der Waals surface area contributed by atoms with Crippen LogP contribution in [0.1, 0.15) is 37.3 Å². The van der Waals surface area contributed by atoms with Crippen LogP contribution in [0.25, 0.3) is 0 Å². The summed E-state index contributed by atoms with van der Waals surface area (Å²) in [4.78, 5) is 0. The molecule has 1 fully saturated rings. The van der Waals surface area contributed by atoms with Crippen LogP contribution in [0.4, 0.5) is 0 Å². The van der Waals surface area contributed by atoms with E-state index in [-0.39, 0.29) is 0 Å². The summed E-state index contributed by atoms with van der Waals surface area (Å²) >= 11 is 0. The fourth-order valence-corrected chi connectivity index (χ4v) is 2.35. The van der Waals surface area contributed by atoms with Gasteiger partial charge in [0.15, 0.2) is 0 Å². The summed E-state index contributed by atoms with van der Waals surface area (Å²) in [5, 5.41) is 3.70. The molecule has 1 heteroatoms. The SMILES string of the molecule is C=CC[C@H]1CCC[C@H](c2ccccc2)N1. The molecule has 1 aliphatic heterocycles. The summed E-state index contributed by atoms with van der Waals surface area (Å²) in [7, 11) is 0. The molecule has 1 nitrogen and oxygen atoms in total. The van der Waals surface area contributed by atoms with E-state index < -0.39 is 0 Å². The van der Waals surface area contributed by atoms with Crippen LogP contribution < -0.4 is 5.32 Å². The van der Waals surface area contributed by atoms with Gasteiger partial charge in [0.25, 0.3) is 0 Å². The Kier molecular flexibility index (Phi) is 3.57. The standard InChI is InChI=1S/C14H19N/c1-2-7-13-10-6-11-14(15-13)12-8-4-3-5-9-12/h2-5,8-9,13-15H,1,6-7,10-11H2/t13-,14+/m0/s1. The molecule has 0 radical (unpaired) electrons. The molecular formula is C14H19N. The van der Waals surface area contributed by atoms with Crippen molar-refractivity contribution in [3.05, 3.63) is 48.6 Å². The summed E-state index contributed by atoms with van der Waals surface area (Å²) in [5.41, 5.74) is 1.42. The van der Waals surface area contributed by atoms with Crippen molar-refractivity contribution in [2.24, 2.45) is 0 Å². The normalized spacial score (nSPS) is 26.1. The predicted octanol–water partition coefficient (Wildman–Crippen LogP) is 3.45. The van der Waals surface area contributed by atoms with E-state index in [0.29, 0.717) is 12.1 Å². The van der Waals surface area contributed by atoms with Crippen molar-refractivity contribution in [2.45, 2.75) is 37.8 Å². The Morgan fingerprint density at radius 1 is 1.27 bits per heavy atom. The molecule has 0 unspecified atom stereocenters. The van der Waals surface area contributed by atoms with Gasteiger partial charge in [-0.15, -0.1) is 6.58 Å². The molecule has 0 spiro atoms. The Bertz CT molecular complexity index is 304. The first-order valence-corrected chi connectivity index (χ1v) is 5.82. The van der Waals surface area contributed by atoms with Crippen molar-refractivity contribution in [3.8, 4) is 0 Å². The second-order valence-electron chi connectivity index (χ2n) is 4.28. The average Bonchev–Trinajstić information content (AvgIpc) is 2.31. The quantitative estimate of drug-likeness (QED) is 0.739. The van der Waals surface area contributed by atoms with E-state index in [2.05, 4.69) is 42.2 Å². The molecule has 1 saturated heterocycles. The van der Waals surface area contributed by atoms with Gasteiger partial charge in [0.05, 0.1) is 0 Å². The molecule has 0 aromatic heterocycles. The third kappa shape index (κ3) is 2.69. The van der Waals surface area contributed by atoms with Gasteiger partial charge in [0.1, 0.15) is 0 Å². The summed E-state index contributed by atoms with van der Waals surface area (Å²) in [6, 6.07) is 11.9. The van der Waals surface area contributed by atoms with Crippen molar-refractivity contribution >= 4 is 0 Å². The number of rotatable bonds is 3. The molecule has 15 heavy (non-hydrogen) atoms. The first-order valence-electron chi connectivity index (χ1n) is 5.82. The fourth-order valence-electron chi connectivity index (χ4n) is 2.35. The average molecular weight is 201 g/mol. The third-order valence-corrected chi connectivity index (χ3v) is 3.14. The second-order valence-corrected chi connectivity index (χ2v) is 4.28. The first kappa shape index (κ1) is 10.4. The number of hydrogen-bond donors (Lipinski definition) is 1. The van der Waals surface area contributed by atoms with E-state index in [1.165, 1.54) is 24.8 Å². The van der Waals surface area contributed by atoms with Gasteiger partial charge >= 0.3 is 0 Å². The largest absolute Gasteiger partial charge is 0.307 e. The first-order chi connectivity index (χ1) is 7.40. The zero-order valence-electron chi connectivity index (χ0n) is 9.15. The minimum atomic E-state index is 0.546. The van der Waals surface area contributed by atoms with Gasteiger partial charge in [-0.2, -0.15) is 0 Å². The lowest BCUT2D eigenvalue weighted by Crippen LogP contribution is -2.36. The Hall–Kier alpha value is -1.08. The Morgan fingerprint density at radius 2 is 2.07 bits per heavy atom. The predicted molar refractivity (Wildman–Crippen MR) is 64.8 cm³/mol. The zero-order chi connectivity index (χ0) is 10.5. The van der Waals surface area contributed by atoms with Crippen molar-refractivity contribution in [1.82, 2.24) is 5.32 Å². The molecule has 0 aliphatic carbocycles. The monoisotopic (exact) mass is 201 g/mol. The van der Waals surface area contributed by atoms with Crippen molar-refractivity contribution < 1.29 is 0 Å². The van der Waals surface area contributed by atoms with Crippen LogP contribution in [0.5, 0.6) is 0 Å². The van der Waals surface area contributed by atoms with Gasteiger partial charge in [-0.3, -0.25) is 0 Å². The highest BCUT2D eigenvalue weighted by atomic mass is 15.0. The molecule has 1 N–H and O–H groups in total. The van der Waals surface area contributed by atoms with Gasteiger partial charge in [0.2, 0.25) is 0 Å². The van der Waals surface area contributed by atoms with Gasteiger partial charge in [-0.1, -0.05) is 42.8 Å². The minimum absolute atomic E-state index is 0.546. The van der Waals surface area contributed by atoms with Crippen molar-refractivity contribution in [1.29, 1.82) is 0 Å².